The Kier molecular flexibility index (Phi) is 9.01. The Hall–Kier alpha value is -3.19. The second-order valence-corrected chi connectivity index (χ2v) is 8.07. The molecule has 0 spiro atoms. The third kappa shape index (κ3) is 6.89. The summed E-state index contributed by atoms with van der Waals surface area (Å²) < 4.78 is 18.5. The minimum Gasteiger partial charge on any atom is -0.385 e. The molecule has 0 aliphatic rings. The predicted molar refractivity (Wildman–Crippen MR) is 127 cm³/mol. The lowest BCUT2D eigenvalue weighted by Gasteiger charge is -2.28. The molecule has 0 fully saturated rings. The molecule has 176 valence electrons. The van der Waals surface area contributed by atoms with E-state index in [2.05, 4.69) is 11.1 Å². The SMILES string of the molecule is CCC(=O)N(CCCOC)CC(=O)N(CCc1c[nH]c2ccccc12)Cc1ccc(F)cc1. The minimum atomic E-state index is -0.312. The third-order valence-corrected chi connectivity index (χ3v) is 5.72. The fourth-order valence-corrected chi connectivity index (χ4v) is 3.87. The summed E-state index contributed by atoms with van der Waals surface area (Å²) in [5.74, 6) is -0.496. The van der Waals surface area contributed by atoms with Crippen molar-refractivity contribution in [2.45, 2.75) is 32.7 Å². The zero-order valence-corrected chi connectivity index (χ0v) is 19.4. The van der Waals surface area contributed by atoms with Crippen molar-refractivity contribution < 1.29 is 18.7 Å². The number of nitrogens with one attached hydrogen (secondary N) is 1. The van der Waals surface area contributed by atoms with E-state index in [9.17, 15) is 14.0 Å². The molecule has 0 atom stereocenters. The Morgan fingerprint density at radius 1 is 1.00 bits per heavy atom. The van der Waals surface area contributed by atoms with Gasteiger partial charge in [0.25, 0.3) is 0 Å². The normalized spacial score (nSPS) is 11.0. The molecule has 6 nitrogen and oxygen atoms in total. The van der Waals surface area contributed by atoms with Crippen LogP contribution >= 0.6 is 0 Å². The summed E-state index contributed by atoms with van der Waals surface area (Å²) >= 11 is 0. The Labute approximate surface area is 194 Å². The van der Waals surface area contributed by atoms with Gasteiger partial charge >= 0.3 is 0 Å². The summed E-state index contributed by atoms with van der Waals surface area (Å²) in [6.07, 6.45) is 3.65. The van der Waals surface area contributed by atoms with E-state index in [1.54, 1.807) is 36.0 Å². The van der Waals surface area contributed by atoms with Crippen molar-refractivity contribution in [1.82, 2.24) is 14.8 Å². The molecule has 1 aromatic heterocycles. The zero-order valence-electron chi connectivity index (χ0n) is 19.4. The Morgan fingerprint density at radius 3 is 2.48 bits per heavy atom. The van der Waals surface area contributed by atoms with Crippen LogP contribution in [0, 0.1) is 5.82 Å². The molecule has 7 heteroatoms. The number of aromatic amines is 1. The summed E-state index contributed by atoms with van der Waals surface area (Å²) in [6.45, 7) is 3.66. The number of nitrogens with zero attached hydrogens (tertiary/aromatic N) is 2. The number of hydrogen-bond acceptors (Lipinski definition) is 3. The third-order valence-electron chi connectivity index (χ3n) is 5.72. The maximum absolute atomic E-state index is 13.4. The zero-order chi connectivity index (χ0) is 23.6. The summed E-state index contributed by atoms with van der Waals surface area (Å²) in [5.41, 5.74) is 3.03. The van der Waals surface area contributed by atoms with Crippen molar-refractivity contribution in [1.29, 1.82) is 0 Å². The van der Waals surface area contributed by atoms with E-state index >= 15 is 0 Å². The smallest absolute Gasteiger partial charge is 0.242 e. The molecular formula is C26H32FN3O3. The second kappa shape index (κ2) is 12.2. The van der Waals surface area contributed by atoms with Crippen molar-refractivity contribution in [2.75, 3.05) is 33.4 Å². The quantitative estimate of drug-likeness (QED) is 0.419. The summed E-state index contributed by atoms with van der Waals surface area (Å²) in [7, 11) is 1.62. The van der Waals surface area contributed by atoms with Gasteiger partial charge in [0.1, 0.15) is 5.82 Å². The predicted octanol–water partition coefficient (Wildman–Crippen LogP) is 4.15. The largest absolute Gasteiger partial charge is 0.385 e. The molecule has 1 heterocycles. The molecular weight excluding hydrogens is 421 g/mol. The van der Waals surface area contributed by atoms with Crippen LogP contribution in [0.4, 0.5) is 4.39 Å². The number of rotatable bonds is 12. The van der Waals surface area contributed by atoms with Crippen LogP contribution in [0.3, 0.4) is 0 Å². The van der Waals surface area contributed by atoms with Gasteiger partial charge in [0.15, 0.2) is 0 Å². The highest BCUT2D eigenvalue weighted by Gasteiger charge is 2.21. The minimum absolute atomic E-state index is 0.0193. The molecule has 3 rings (SSSR count). The first-order valence-electron chi connectivity index (χ1n) is 11.4. The number of carbonyl (C=O) groups is 2. The van der Waals surface area contributed by atoms with Crippen LogP contribution in [0.15, 0.2) is 54.7 Å². The van der Waals surface area contributed by atoms with Crippen molar-refractivity contribution in [3.05, 3.63) is 71.7 Å². The molecule has 1 N–H and O–H groups in total. The van der Waals surface area contributed by atoms with E-state index in [1.165, 1.54) is 12.1 Å². The van der Waals surface area contributed by atoms with E-state index in [1.807, 2.05) is 24.4 Å². The Bertz CT molecular complexity index is 1050. The fraction of sp³-hybridized carbons (Fsp3) is 0.385. The first kappa shape index (κ1) is 24.5. The topological polar surface area (TPSA) is 65.6 Å². The van der Waals surface area contributed by atoms with E-state index in [0.29, 0.717) is 45.5 Å². The molecule has 0 saturated carbocycles. The van der Waals surface area contributed by atoms with E-state index in [-0.39, 0.29) is 24.2 Å². The van der Waals surface area contributed by atoms with Crippen LogP contribution in [0.1, 0.15) is 30.9 Å². The summed E-state index contributed by atoms with van der Waals surface area (Å²) in [6, 6.07) is 14.2. The van der Waals surface area contributed by atoms with E-state index in [0.717, 1.165) is 22.0 Å². The number of carbonyl (C=O) groups excluding carboxylic acids is 2. The van der Waals surface area contributed by atoms with Crippen LogP contribution in [-0.4, -0.2) is 59.9 Å². The Balaban J connectivity index is 1.75. The van der Waals surface area contributed by atoms with Gasteiger partial charge in [0, 0.05) is 56.9 Å². The van der Waals surface area contributed by atoms with Crippen LogP contribution in [-0.2, 0) is 27.3 Å². The van der Waals surface area contributed by atoms with Gasteiger partial charge in [-0.2, -0.15) is 0 Å². The molecule has 0 bridgehead atoms. The van der Waals surface area contributed by atoms with Gasteiger partial charge in [0.2, 0.25) is 11.8 Å². The first-order chi connectivity index (χ1) is 16.0. The van der Waals surface area contributed by atoms with Gasteiger partial charge in [-0.25, -0.2) is 4.39 Å². The molecule has 2 amide bonds. The number of amides is 2. The monoisotopic (exact) mass is 453 g/mol. The van der Waals surface area contributed by atoms with Crippen LogP contribution in [0.5, 0.6) is 0 Å². The number of aromatic nitrogens is 1. The lowest BCUT2D eigenvalue weighted by atomic mass is 10.1. The maximum atomic E-state index is 13.4. The number of hydrogen-bond donors (Lipinski definition) is 1. The average molecular weight is 454 g/mol. The van der Waals surface area contributed by atoms with Crippen molar-refractivity contribution in [3.8, 4) is 0 Å². The van der Waals surface area contributed by atoms with Crippen molar-refractivity contribution >= 4 is 22.7 Å². The van der Waals surface area contributed by atoms with Crippen LogP contribution in [0.2, 0.25) is 0 Å². The van der Waals surface area contributed by atoms with E-state index < -0.39 is 0 Å². The van der Waals surface area contributed by atoms with Crippen molar-refractivity contribution in [3.63, 3.8) is 0 Å². The molecule has 2 aromatic carbocycles. The van der Waals surface area contributed by atoms with Crippen LogP contribution < -0.4 is 0 Å². The van der Waals surface area contributed by atoms with Gasteiger partial charge in [-0.05, 0) is 42.2 Å². The molecule has 0 aliphatic heterocycles. The highest BCUT2D eigenvalue weighted by atomic mass is 19.1. The fourth-order valence-electron chi connectivity index (χ4n) is 3.87. The van der Waals surface area contributed by atoms with Crippen LogP contribution in [0.25, 0.3) is 10.9 Å². The molecule has 0 aliphatic carbocycles. The van der Waals surface area contributed by atoms with E-state index in [4.69, 9.17) is 4.74 Å². The van der Waals surface area contributed by atoms with Gasteiger partial charge in [0.05, 0.1) is 6.54 Å². The lowest BCUT2D eigenvalue weighted by molar-refractivity contribution is -0.140. The summed E-state index contributed by atoms with van der Waals surface area (Å²) in [5, 5.41) is 1.13. The maximum Gasteiger partial charge on any atom is 0.242 e. The average Bonchev–Trinajstić information content (AvgIpc) is 3.25. The van der Waals surface area contributed by atoms with Gasteiger partial charge in [-0.15, -0.1) is 0 Å². The standard InChI is InChI=1S/C26H32FN3O3/c1-3-25(31)29(14-6-16-33-2)19-26(32)30(18-20-9-11-22(27)12-10-20)15-13-21-17-28-24-8-5-4-7-23(21)24/h4-5,7-12,17,28H,3,6,13-16,18-19H2,1-2H3. The molecule has 33 heavy (non-hydrogen) atoms. The first-order valence-corrected chi connectivity index (χ1v) is 11.4. The second-order valence-electron chi connectivity index (χ2n) is 8.07. The van der Waals surface area contributed by atoms with Gasteiger partial charge in [-0.1, -0.05) is 37.3 Å². The van der Waals surface area contributed by atoms with Gasteiger partial charge in [-0.3, -0.25) is 9.59 Å². The highest BCUT2D eigenvalue weighted by Crippen LogP contribution is 2.19. The molecule has 0 radical (unpaired) electrons. The number of H-pyrrole nitrogens is 1. The number of halogens is 1. The lowest BCUT2D eigenvalue weighted by Crippen LogP contribution is -2.43. The number of para-hydroxylation sites is 1. The number of methoxy groups -OCH3 is 1. The summed E-state index contributed by atoms with van der Waals surface area (Å²) in [4.78, 5) is 32.4. The highest BCUT2D eigenvalue weighted by molar-refractivity contribution is 5.85. The molecule has 3 aromatic rings. The molecule has 0 saturated heterocycles. The number of ether oxygens (including phenoxy) is 1. The Morgan fingerprint density at radius 2 is 1.76 bits per heavy atom. The molecule has 0 unspecified atom stereocenters. The van der Waals surface area contributed by atoms with Gasteiger partial charge < -0.3 is 19.5 Å². The number of benzene rings is 2. The van der Waals surface area contributed by atoms with Crippen molar-refractivity contribution in [2.24, 2.45) is 0 Å². The number of fused-ring (bicyclic) bond motifs is 1.